The van der Waals surface area contributed by atoms with Gasteiger partial charge in [-0.1, -0.05) is 36.4 Å². The van der Waals surface area contributed by atoms with Crippen molar-refractivity contribution in [3.63, 3.8) is 0 Å². The Balaban J connectivity index is 1.72. The Labute approximate surface area is 186 Å². The van der Waals surface area contributed by atoms with Gasteiger partial charge in [0.1, 0.15) is 11.6 Å². The normalized spacial score (nSPS) is 18.3. The lowest BCUT2D eigenvalue weighted by Crippen LogP contribution is -2.47. The maximum atomic E-state index is 13.8. The number of methoxy groups -OCH3 is 1. The van der Waals surface area contributed by atoms with E-state index >= 15 is 0 Å². The fraction of sp³-hybridized carbons (Fsp3) is 0.231. The van der Waals surface area contributed by atoms with Crippen molar-refractivity contribution in [3.05, 3.63) is 89.7 Å². The van der Waals surface area contributed by atoms with E-state index in [2.05, 4.69) is 5.32 Å². The molecule has 0 saturated carbocycles. The van der Waals surface area contributed by atoms with Gasteiger partial charge in [-0.05, 0) is 60.9 Å². The van der Waals surface area contributed by atoms with Crippen molar-refractivity contribution in [2.45, 2.75) is 25.8 Å². The monoisotopic (exact) mass is 432 g/mol. The van der Waals surface area contributed by atoms with Crippen molar-refractivity contribution in [1.29, 1.82) is 0 Å². The molecule has 1 heterocycles. The van der Waals surface area contributed by atoms with E-state index in [0.717, 1.165) is 11.1 Å². The lowest BCUT2D eigenvalue weighted by molar-refractivity contribution is -0.125. The molecule has 6 heteroatoms. The smallest absolute Gasteiger partial charge is 0.229 e. The summed E-state index contributed by atoms with van der Waals surface area (Å²) in [5.41, 5.74) is 2.78. The molecule has 1 N–H and O–H groups in total. The van der Waals surface area contributed by atoms with Crippen molar-refractivity contribution < 1.29 is 18.7 Å². The number of ether oxygens (including phenoxy) is 1. The molecule has 3 aromatic rings. The van der Waals surface area contributed by atoms with Gasteiger partial charge in [-0.15, -0.1) is 0 Å². The number of benzene rings is 3. The SMILES string of the molecule is COc1ccc(N2C(=O)CC[C@H](C(=O)Nc3cc(F)ccc3C)[C@H]2c2ccccc2)cc1. The average molecular weight is 432 g/mol. The first-order valence-electron chi connectivity index (χ1n) is 10.6. The number of halogens is 1. The number of nitrogens with one attached hydrogen (secondary N) is 1. The number of hydrogen-bond donors (Lipinski definition) is 1. The van der Waals surface area contributed by atoms with Crippen LogP contribution in [0.2, 0.25) is 0 Å². The van der Waals surface area contributed by atoms with Crippen LogP contribution >= 0.6 is 0 Å². The van der Waals surface area contributed by atoms with Gasteiger partial charge in [-0.25, -0.2) is 4.39 Å². The van der Waals surface area contributed by atoms with E-state index in [1.807, 2.05) is 49.4 Å². The van der Waals surface area contributed by atoms with E-state index in [1.54, 1.807) is 30.2 Å². The molecule has 164 valence electrons. The minimum atomic E-state index is -0.500. The van der Waals surface area contributed by atoms with Crippen LogP contribution in [0.5, 0.6) is 5.75 Å². The number of carbonyl (C=O) groups is 2. The summed E-state index contributed by atoms with van der Waals surface area (Å²) in [7, 11) is 1.59. The second kappa shape index (κ2) is 9.22. The van der Waals surface area contributed by atoms with Gasteiger partial charge >= 0.3 is 0 Å². The molecule has 1 saturated heterocycles. The highest BCUT2D eigenvalue weighted by Crippen LogP contribution is 2.41. The average Bonchev–Trinajstić information content (AvgIpc) is 2.82. The van der Waals surface area contributed by atoms with Crippen LogP contribution in [0.1, 0.15) is 30.0 Å². The molecule has 1 aliphatic heterocycles. The number of amides is 2. The predicted octanol–water partition coefficient (Wildman–Crippen LogP) is 5.27. The summed E-state index contributed by atoms with van der Waals surface area (Å²) in [6.45, 7) is 1.82. The number of nitrogens with zero attached hydrogens (tertiary/aromatic N) is 1. The topological polar surface area (TPSA) is 58.6 Å². The number of carbonyl (C=O) groups excluding carboxylic acids is 2. The van der Waals surface area contributed by atoms with Crippen LogP contribution in [0.25, 0.3) is 0 Å². The van der Waals surface area contributed by atoms with Crippen LogP contribution in [-0.2, 0) is 9.59 Å². The fourth-order valence-corrected chi connectivity index (χ4v) is 4.20. The Hall–Kier alpha value is -3.67. The fourth-order valence-electron chi connectivity index (χ4n) is 4.20. The molecule has 0 bridgehead atoms. The molecule has 4 rings (SSSR count). The van der Waals surface area contributed by atoms with Gasteiger partial charge in [-0.3, -0.25) is 9.59 Å². The molecule has 2 atom stereocenters. The maximum Gasteiger partial charge on any atom is 0.229 e. The number of aryl methyl sites for hydroxylation is 1. The van der Waals surface area contributed by atoms with E-state index in [-0.39, 0.29) is 18.2 Å². The zero-order chi connectivity index (χ0) is 22.7. The number of rotatable bonds is 5. The highest BCUT2D eigenvalue weighted by molar-refractivity contribution is 6.00. The van der Waals surface area contributed by atoms with Gasteiger partial charge in [-0.2, -0.15) is 0 Å². The Kier molecular flexibility index (Phi) is 6.21. The van der Waals surface area contributed by atoms with Crippen molar-refractivity contribution in [3.8, 4) is 5.75 Å². The van der Waals surface area contributed by atoms with Crippen LogP contribution in [0.4, 0.5) is 15.8 Å². The van der Waals surface area contributed by atoms with Gasteiger partial charge in [0.05, 0.1) is 19.1 Å². The van der Waals surface area contributed by atoms with Crippen molar-refractivity contribution >= 4 is 23.2 Å². The molecule has 0 radical (unpaired) electrons. The number of anilines is 2. The summed E-state index contributed by atoms with van der Waals surface area (Å²) in [4.78, 5) is 28.2. The molecule has 0 aliphatic carbocycles. The third kappa shape index (κ3) is 4.35. The first kappa shape index (κ1) is 21.6. The van der Waals surface area contributed by atoms with Gasteiger partial charge in [0.25, 0.3) is 0 Å². The molecule has 0 unspecified atom stereocenters. The van der Waals surface area contributed by atoms with Crippen LogP contribution in [0, 0.1) is 18.7 Å². The summed E-state index contributed by atoms with van der Waals surface area (Å²) < 4.78 is 19.0. The van der Waals surface area contributed by atoms with Gasteiger partial charge in [0.15, 0.2) is 0 Å². The van der Waals surface area contributed by atoms with Gasteiger partial charge < -0.3 is 15.0 Å². The van der Waals surface area contributed by atoms with E-state index in [1.165, 1.54) is 12.1 Å². The molecule has 2 amide bonds. The first-order chi connectivity index (χ1) is 15.5. The minimum absolute atomic E-state index is 0.0463. The summed E-state index contributed by atoms with van der Waals surface area (Å²) in [5.74, 6) is -0.511. The zero-order valence-electron chi connectivity index (χ0n) is 18.0. The molecule has 3 aromatic carbocycles. The zero-order valence-corrected chi connectivity index (χ0v) is 18.0. The van der Waals surface area contributed by atoms with Crippen LogP contribution in [-0.4, -0.2) is 18.9 Å². The highest BCUT2D eigenvalue weighted by Gasteiger charge is 2.41. The Morgan fingerprint density at radius 1 is 1.06 bits per heavy atom. The molecule has 0 spiro atoms. The summed E-state index contributed by atoms with van der Waals surface area (Å²) in [6, 6.07) is 20.6. The Bertz CT molecular complexity index is 1120. The quantitative estimate of drug-likeness (QED) is 0.598. The molecule has 0 aromatic heterocycles. The van der Waals surface area contributed by atoms with E-state index < -0.39 is 17.8 Å². The summed E-state index contributed by atoms with van der Waals surface area (Å²) >= 11 is 0. The highest BCUT2D eigenvalue weighted by atomic mass is 19.1. The standard InChI is InChI=1S/C26H25FN2O3/c1-17-8-9-19(27)16-23(17)28-26(31)22-14-15-24(30)29(20-10-12-21(32-2)13-11-20)25(22)18-6-4-3-5-7-18/h3-13,16,22,25H,14-15H2,1-2H3,(H,28,31)/t22-,25+/m0/s1. The minimum Gasteiger partial charge on any atom is -0.497 e. The van der Waals surface area contributed by atoms with Crippen LogP contribution < -0.4 is 15.0 Å². The first-order valence-corrected chi connectivity index (χ1v) is 10.6. The Morgan fingerprint density at radius 2 is 1.78 bits per heavy atom. The molecule has 1 fully saturated rings. The second-order valence-electron chi connectivity index (χ2n) is 7.91. The molecular weight excluding hydrogens is 407 g/mol. The number of hydrogen-bond acceptors (Lipinski definition) is 3. The molecule has 1 aliphatic rings. The van der Waals surface area contributed by atoms with Gasteiger partial charge in [0.2, 0.25) is 11.8 Å². The van der Waals surface area contributed by atoms with E-state index in [9.17, 15) is 14.0 Å². The van der Waals surface area contributed by atoms with Crippen molar-refractivity contribution in [2.75, 3.05) is 17.3 Å². The Morgan fingerprint density at radius 3 is 2.47 bits per heavy atom. The van der Waals surface area contributed by atoms with Crippen molar-refractivity contribution in [2.24, 2.45) is 5.92 Å². The van der Waals surface area contributed by atoms with E-state index in [0.29, 0.717) is 23.5 Å². The third-order valence-electron chi connectivity index (χ3n) is 5.88. The molecule has 5 nitrogen and oxygen atoms in total. The maximum absolute atomic E-state index is 13.8. The molecular formula is C26H25FN2O3. The third-order valence-corrected chi connectivity index (χ3v) is 5.88. The lowest BCUT2D eigenvalue weighted by Gasteiger charge is -2.41. The van der Waals surface area contributed by atoms with Crippen LogP contribution in [0.15, 0.2) is 72.8 Å². The van der Waals surface area contributed by atoms with Gasteiger partial charge in [0, 0.05) is 17.8 Å². The largest absolute Gasteiger partial charge is 0.497 e. The van der Waals surface area contributed by atoms with Crippen molar-refractivity contribution in [1.82, 2.24) is 0 Å². The van der Waals surface area contributed by atoms with Crippen LogP contribution in [0.3, 0.4) is 0 Å². The lowest BCUT2D eigenvalue weighted by atomic mass is 9.83. The molecule has 32 heavy (non-hydrogen) atoms. The second-order valence-corrected chi connectivity index (χ2v) is 7.91. The predicted molar refractivity (Wildman–Crippen MR) is 122 cm³/mol. The summed E-state index contributed by atoms with van der Waals surface area (Å²) in [5, 5.41) is 2.89. The van der Waals surface area contributed by atoms with E-state index in [4.69, 9.17) is 4.74 Å². The summed E-state index contributed by atoms with van der Waals surface area (Å²) in [6.07, 6.45) is 0.654. The number of piperidine rings is 1.